The average molecular weight is 374 g/mol. The highest BCUT2D eigenvalue weighted by atomic mass is 15.3. The van der Waals surface area contributed by atoms with E-state index in [2.05, 4.69) is 72.1 Å². The minimum absolute atomic E-state index is 0.889. The highest BCUT2D eigenvalue weighted by Crippen LogP contribution is 2.10. The van der Waals surface area contributed by atoms with Gasteiger partial charge in [-0.1, -0.05) is 31.2 Å². The summed E-state index contributed by atoms with van der Waals surface area (Å²) >= 11 is 0. The van der Waals surface area contributed by atoms with E-state index in [0.717, 1.165) is 32.0 Å². The summed E-state index contributed by atoms with van der Waals surface area (Å²) < 4.78 is 0. The molecule has 0 aromatic heterocycles. The summed E-state index contributed by atoms with van der Waals surface area (Å²) in [5.74, 6) is 1.01. The van der Waals surface area contributed by atoms with Crippen molar-refractivity contribution >= 4 is 5.96 Å². The summed E-state index contributed by atoms with van der Waals surface area (Å²) in [5.41, 5.74) is 2.69. The predicted octanol–water partition coefficient (Wildman–Crippen LogP) is 2.81. The standard InChI is InChI=1S/C22H39N5/c1-5-23-22(25(4)19-21-12-8-7-11-20(21)3)24-13-9-10-14-27-17-15-26(6-2)16-18-27/h7-8,11-12H,5-6,9-10,13-19H2,1-4H3,(H,23,24). The summed E-state index contributed by atoms with van der Waals surface area (Å²) in [7, 11) is 2.13. The molecule has 0 aliphatic carbocycles. The summed E-state index contributed by atoms with van der Waals surface area (Å²) in [5, 5.41) is 3.43. The van der Waals surface area contributed by atoms with Crippen molar-refractivity contribution in [1.29, 1.82) is 0 Å². The van der Waals surface area contributed by atoms with Crippen molar-refractivity contribution in [2.75, 3.05) is 59.4 Å². The number of rotatable bonds is 9. The number of guanidine groups is 1. The fourth-order valence-corrected chi connectivity index (χ4v) is 3.55. The highest BCUT2D eigenvalue weighted by Gasteiger charge is 2.14. The Bertz CT molecular complexity index is 564. The van der Waals surface area contributed by atoms with Crippen molar-refractivity contribution in [1.82, 2.24) is 20.0 Å². The van der Waals surface area contributed by atoms with E-state index in [0.29, 0.717) is 0 Å². The van der Waals surface area contributed by atoms with Crippen molar-refractivity contribution in [3.8, 4) is 0 Å². The van der Waals surface area contributed by atoms with Gasteiger partial charge in [0.1, 0.15) is 0 Å². The highest BCUT2D eigenvalue weighted by molar-refractivity contribution is 5.79. The Hall–Kier alpha value is -1.59. The maximum Gasteiger partial charge on any atom is 0.193 e. The van der Waals surface area contributed by atoms with Gasteiger partial charge in [-0.25, -0.2) is 0 Å². The normalized spacial score (nSPS) is 16.5. The smallest absolute Gasteiger partial charge is 0.193 e. The second kappa shape index (κ2) is 12.0. The Kier molecular flexibility index (Phi) is 9.64. The predicted molar refractivity (Wildman–Crippen MR) is 116 cm³/mol. The van der Waals surface area contributed by atoms with Crippen LogP contribution in [0.25, 0.3) is 0 Å². The molecule has 2 rings (SSSR count). The third-order valence-corrected chi connectivity index (χ3v) is 5.42. The van der Waals surface area contributed by atoms with Gasteiger partial charge in [-0.05, 0) is 50.9 Å². The van der Waals surface area contributed by atoms with Crippen LogP contribution in [0, 0.1) is 6.92 Å². The van der Waals surface area contributed by atoms with Gasteiger partial charge in [0.25, 0.3) is 0 Å². The molecule has 1 aliphatic heterocycles. The van der Waals surface area contributed by atoms with E-state index in [1.54, 1.807) is 0 Å². The molecule has 5 heteroatoms. The summed E-state index contributed by atoms with van der Waals surface area (Å²) in [6.07, 6.45) is 2.39. The molecule has 1 fully saturated rings. The monoisotopic (exact) mass is 373 g/mol. The molecular weight excluding hydrogens is 334 g/mol. The first-order chi connectivity index (χ1) is 13.1. The van der Waals surface area contributed by atoms with Crippen LogP contribution in [-0.2, 0) is 6.54 Å². The molecule has 1 aromatic rings. The molecule has 0 atom stereocenters. The van der Waals surface area contributed by atoms with Crippen LogP contribution < -0.4 is 5.32 Å². The van der Waals surface area contributed by atoms with Crippen LogP contribution in [-0.4, -0.2) is 80.1 Å². The molecule has 1 N–H and O–H groups in total. The number of hydrogen-bond acceptors (Lipinski definition) is 3. The van der Waals surface area contributed by atoms with Crippen molar-refractivity contribution in [3.05, 3.63) is 35.4 Å². The number of nitrogens with one attached hydrogen (secondary N) is 1. The molecule has 1 aromatic carbocycles. The number of nitrogens with zero attached hydrogens (tertiary/aromatic N) is 4. The van der Waals surface area contributed by atoms with Gasteiger partial charge in [0.15, 0.2) is 5.96 Å². The Morgan fingerprint density at radius 1 is 1.07 bits per heavy atom. The van der Waals surface area contributed by atoms with Gasteiger partial charge >= 0.3 is 0 Å². The molecule has 0 saturated carbocycles. The largest absolute Gasteiger partial charge is 0.357 e. The number of hydrogen-bond donors (Lipinski definition) is 1. The Morgan fingerprint density at radius 3 is 2.44 bits per heavy atom. The van der Waals surface area contributed by atoms with Crippen molar-refractivity contribution in [2.24, 2.45) is 4.99 Å². The van der Waals surface area contributed by atoms with E-state index in [4.69, 9.17) is 4.99 Å². The van der Waals surface area contributed by atoms with Crippen LogP contribution in [0.3, 0.4) is 0 Å². The number of likely N-dealkylation sites (N-methyl/N-ethyl adjacent to an activating group) is 1. The second-order valence-corrected chi connectivity index (χ2v) is 7.50. The minimum atomic E-state index is 0.889. The number of benzene rings is 1. The maximum atomic E-state index is 4.85. The molecule has 1 aliphatic rings. The molecule has 1 saturated heterocycles. The van der Waals surface area contributed by atoms with E-state index in [-0.39, 0.29) is 0 Å². The third-order valence-electron chi connectivity index (χ3n) is 5.42. The zero-order chi connectivity index (χ0) is 19.5. The lowest BCUT2D eigenvalue weighted by Crippen LogP contribution is -2.46. The molecule has 0 amide bonds. The van der Waals surface area contributed by atoms with E-state index < -0.39 is 0 Å². The van der Waals surface area contributed by atoms with Gasteiger partial charge < -0.3 is 20.0 Å². The number of aliphatic imine (C=N–C) groups is 1. The molecule has 0 unspecified atom stereocenters. The SMILES string of the molecule is CCNC(=NCCCCN1CCN(CC)CC1)N(C)Cc1ccccc1C. The number of unbranched alkanes of at least 4 members (excludes halogenated alkanes) is 1. The van der Waals surface area contributed by atoms with Gasteiger partial charge in [-0.2, -0.15) is 0 Å². The van der Waals surface area contributed by atoms with E-state index >= 15 is 0 Å². The second-order valence-electron chi connectivity index (χ2n) is 7.50. The topological polar surface area (TPSA) is 34.1 Å². The minimum Gasteiger partial charge on any atom is -0.357 e. The van der Waals surface area contributed by atoms with Crippen molar-refractivity contribution < 1.29 is 0 Å². The van der Waals surface area contributed by atoms with Gasteiger partial charge in [0, 0.05) is 52.9 Å². The zero-order valence-electron chi connectivity index (χ0n) is 17.9. The first-order valence-corrected chi connectivity index (χ1v) is 10.6. The number of piperazine rings is 1. The quantitative estimate of drug-likeness (QED) is 0.410. The molecule has 27 heavy (non-hydrogen) atoms. The molecule has 1 heterocycles. The number of aryl methyl sites for hydroxylation is 1. The fourth-order valence-electron chi connectivity index (χ4n) is 3.55. The molecule has 5 nitrogen and oxygen atoms in total. The first-order valence-electron chi connectivity index (χ1n) is 10.6. The van der Waals surface area contributed by atoms with Crippen LogP contribution in [0.4, 0.5) is 0 Å². The lowest BCUT2D eigenvalue weighted by molar-refractivity contribution is 0.136. The molecule has 0 radical (unpaired) electrons. The van der Waals surface area contributed by atoms with Gasteiger partial charge in [-0.15, -0.1) is 0 Å². The maximum absolute atomic E-state index is 4.85. The summed E-state index contributed by atoms with van der Waals surface area (Å²) in [6.45, 7) is 16.5. The lowest BCUT2D eigenvalue weighted by atomic mass is 10.1. The van der Waals surface area contributed by atoms with Crippen LogP contribution in [0.15, 0.2) is 29.3 Å². The fraction of sp³-hybridized carbons (Fsp3) is 0.682. The van der Waals surface area contributed by atoms with Crippen LogP contribution in [0.1, 0.15) is 37.8 Å². The Balaban J connectivity index is 1.73. The van der Waals surface area contributed by atoms with Crippen LogP contribution >= 0.6 is 0 Å². The Morgan fingerprint density at radius 2 is 1.78 bits per heavy atom. The average Bonchev–Trinajstić information content (AvgIpc) is 2.69. The van der Waals surface area contributed by atoms with E-state index in [1.165, 1.54) is 56.8 Å². The first kappa shape index (κ1) is 21.7. The zero-order valence-corrected chi connectivity index (χ0v) is 17.9. The van der Waals surface area contributed by atoms with Crippen LogP contribution in [0.5, 0.6) is 0 Å². The lowest BCUT2D eigenvalue weighted by Gasteiger charge is -2.33. The Labute approximate surface area is 166 Å². The van der Waals surface area contributed by atoms with E-state index in [1.807, 2.05) is 0 Å². The molecule has 0 bridgehead atoms. The van der Waals surface area contributed by atoms with Crippen molar-refractivity contribution in [2.45, 2.75) is 40.2 Å². The summed E-state index contributed by atoms with van der Waals surface area (Å²) in [4.78, 5) is 12.2. The molecule has 152 valence electrons. The van der Waals surface area contributed by atoms with Gasteiger partial charge in [0.2, 0.25) is 0 Å². The van der Waals surface area contributed by atoms with Gasteiger partial charge in [-0.3, -0.25) is 4.99 Å². The molecular formula is C22H39N5. The van der Waals surface area contributed by atoms with Crippen molar-refractivity contribution in [3.63, 3.8) is 0 Å². The van der Waals surface area contributed by atoms with Crippen LogP contribution in [0.2, 0.25) is 0 Å². The molecule has 0 spiro atoms. The van der Waals surface area contributed by atoms with E-state index in [9.17, 15) is 0 Å². The van der Waals surface area contributed by atoms with Gasteiger partial charge in [0.05, 0.1) is 0 Å². The third kappa shape index (κ3) is 7.51. The summed E-state index contributed by atoms with van der Waals surface area (Å²) in [6, 6.07) is 8.59.